The Bertz CT molecular complexity index is 1210. The molecule has 2 heterocycles. The molecular formula is C25H29ClF2N2O5S. The van der Waals surface area contributed by atoms with Crippen molar-refractivity contribution in [2.45, 2.75) is 31.1 Å². The number of hydrogen-bond acceptors (Lipinski definition) is 5. The SMILES string of the molecule is Cc1cc(OCC2(CC(=O)N3CCOCC3)CCN(S(=O)(=O)c3ccc(F)cc3F)CC2)ccc1Cl. The van der Waals surface area contributed by atoms with Crippen LogP contribution in [0.25, 0.3) is 0 Å². The summed E-state index contributed by atoms with van der Waals surface area (Å²) in [6.45, 7) is 4.22. The van der Waals surface area contributed by atoms with Gasteiger partial charge in [0.25, 0.3) is 0 Å². The van der Waals surface area contributed by atoms with Crippen molar-refractivity contribution in [2.75, 3.05) is 46.0 Å². The molecule has 11 heteroatoms. The van der Waals surface area contributed by atoms with E-state index in [2.05, 4.69) is 0 Å². The van der Waals surface area contributed by atoms with Gasteiger partial charge in [-0.3, -0.25) is 4.79 Å². The number of piperidine rings is 1. The first-order valence-corrected chi connectivity index (χ1v) is 13.6. The number of hydrogen-bond donors (Lipinski definition) is 0. The Morgan fingerprint density at radius 1 is 1.08 bits per heavy atom. The normalized spacial score (nSPS) is 18.7. The number of carbonyl (C=O) groups excluding carboxylic acids is 1. The molecule has 0 aliphatic carbocycles. The Kier molecular flexibility index (Phi) is 8.18. The maximum absolute atomic E-state index is 14.3. The van der Waals surface area contributed by atoms with Crippen molar-refractivity contribution in [3.63, 3.8) is 0 Å². The van der Waals surface area contributed by atoms with Gasteiger partial charge >= 0.3 is 0 Å². The molecule has 2 aromatic rings. The van der Waals surface area contributed by atoms with E-state index in [1.165, 1.54) is 4.31 Å². The average Bonchev–Trinajstić information content (AvgIpc) is 2.85. The number of benzene rings is 2. The number of ether oxygens (including phenoxy) is 2. The first-order valence-electron chi connectivity index (χ1n) is 11.8. The van der Waals surface area contributed by atoms with E-state index in [9.17, 15) is 22.0 Å². The Labute approximate surface area is 215 Å². The molecule has 0 bridgehead atoms. The molecule has 0 atom stereocenters. The van der Waals surface area contributed by atoms with Crippen molar-refractivity contribution >= 4 is 27.5 Å². The first kappa shape index (κ1) is 26.8. The minimum atomic E-state index is -4.16. The van der Waals surface area contributed by atoms with E-state index >= 15 is 0 Å². The molecule has 1 amide bonds. The van der Waals surface area contributed by atoms with Crippen LogP contribution in [0.3, 0.4) is 0 Å². The zero-order valence-corrected chi connectivity index (χ0v) is 21.6. The predicted octanol–water partition coefficient (Wildman–Crippen LogP) is 4.03. The highest BCUT2D eigenvalue weighted by Gasteiger charge is 2.42. The molecular weight excluding hydrogens is 514 g/mol. The summed E-state index contributed by atoms with van der Waals surface area (Å²) >= 11 is 6.11. The van der Waals surface area contributed by atoms with Crippen molar-refractivity contribution < 1.29 is 31.5 Å². The summed E-state index contributed by atoms with van der Waals surface area (Å²) in [5.74, 6) is -1.40. The van der Waals surface area contributed by atoms with Crippen molar-refractivity contribution in [1.29, 1.82) is 0 Å². The van der Waals surface area contributed by atoms with Crippen LogP contribution in [-0.2, 0) is 19.6 Å². The first-order chi connectivity index (χ1) is 17.1. The quantitative estimate of drug-likeness (QED) is 0.528. The zero-order chi connectivity index (χ0) is 25.9. The van der Waals surface area contributed by atoms with Crippen molar-refractivity contribution in [2.24, 2.45) is 5.41 Å². The van der Waals surface area contributed by atoms with Gasteiger partial charge in [0.2, 0.25) is 15.9 Å². The molecule has 0 N–H and O–H groups in total. The van der Waals surface area contributed by atoms with E-state index in [0.29, 0.717) is 56.0 Å². The highest BCUT2D eigenvalue weighted by Crippen LogP contribution is 2.39. The Morgan fingerprint density at radius 3 is 2.42 bits per heavy atom. The van der Waals surface area contributed by atoms with Gasteiger partial charge in [0.1, 0.15) is 22.3 Å². The molecule has 0 saturated carbocycles. The van der Waals surface area contributed by atoms with Crippen LogP contribution < -0.4 is 4.74 Å². The number of aryl methyl sites for hydroxylation is 1. The molecule has 196 valence electrons. The van der Waals surface area contributed by atoms with Gasteiger partial charge in [0.15, 0.2) is 0 Å². The highest BCUT2D eigenvalue weighted by atomic mass is 35.5. The number of halogens is 3. The summed E-state index contributed by atoms with van der Waals surface area (Å²) in [6, 6.07) is 7.73. The van der Waals surface area contributed by atoms with E-state index in [-0.39, 0.29) is 32.0 Å². The van der Waals surface area contributed by atoms with E-state index in [0.717, 1.165) is 17.7 Å². The van der Waals surface area contributed by atoms with Gasteiger partial charge in [-0.05, 0) is 55.7 Å². The summed E-state index contributed by atoms with van der Waals surface area (Å²) in [6.07, 6.45) is 0.883. The lowest BCUT2D eigenvalue weighted by atomic mass is 9.76. The summed E-state index contributed by atoms with van der Waals surface area (Å²) in [4.78, 5) is 14.3. The lowest BCUT2D eigenvalue weighted by Crippen LogP contribution is -2.49. The number of morpholine rings is 1. The van der Waals surface area contributed by atoms with Crippen LogP contribution in [0, 0.1) is 24.0 Å². The maximum Gasteiger partial charge on any atom is 0.245 e. The van der Waals surface area contributed by atoms with Crippen LogP contribution in [0.5, 0.6) is 5.75 Å². The van der Waals surface area contributed by atoms with Crippen LogP contribution in [0.1, 0.15) is 24.8 Å². The summed E-state index contributed by atoms with van der Waals surface area (Å²) in [7, 11) is -4.16. The topological polar surface area (TPSA) is 76.2 Å². The molecule has 4 rings (SSSR count). The third-order valence-electron chi connectivity index (χ3n) is 6.86. The highest BCUT2D eigenvalue weighted by molar-refractivity contribution is 7.89. The molecule has 2 aliphatic rings. The molecule has 36 heavy (non-hydrogen) atoms. The van der Waals surface area contributed by atoms with Crippen molar-refractivity contribution in [3.05, 3.63) is 58.6 Å². The summed E-state index contributed by atoms with van der Waals surface area (Å²) in [5, 5.41) is 0.617. The minimum absolute atomic E-state index is 0.0323. The number of rotatable bonds is 7. The fourth-order valence-corrected chi connectivity index (χ4v) is 6.19. The van der Waals surface area contributed by atoms with Gasteiger partial charge in [-0.25, -0.2) is 17.2 Å². The third kappa shape index (κ3) is 5.99. The predicted molar refractivity (Wildman–Crippen MR) is 130 cm³/mol. The second-order valence-electron chi connectivity index (χ2n) is 9.35. The molecule has 2 fully saturated rings. The van der Waals surface area contributed by atoms with Crippen LogP contribution in [0.4, 0.5) is 8.78 Å². The van der Waals surface area contributed by atoms with Gasteiger partial charge in [-0.15, -0.1) is 0 Å². The molecule has 7 nitrogen and oxygen atoms in total. The van der Waals surface area contributed by atoms with Gasteiger partial charge in [0.05, 0.1) is 19.8 Å². The van der Waals surface area contributed by atoms with Crippen LogP contribution in [0.15, 0.2) is 41.3 Å². The molecule has 0 radical (unpaired) electrons. The summed E-state index contributed by atoms with van der Waals surface area (Å²) in [5.41, 5.74) is 0.242. The number of nitrogens with zero attached hydrogens (tertiary/aromatic N) is 2. The number of sulfonamides is 1. The second kappa shape index (κ2) is 11.0. The molecule has 2 aliphatic heterocycles. The van der Waals surface area contributed by atoms with Gasteiger partial charge in [-0.1, -0.05) is 11.6 Å². The monoisotopic (exact) mass is 542 g/mol. The smallest absolute Gasteiger partial charge is 0.245 e. The van der Waals surface area contributed by atoms with Gasteiger partial charge in [-0.2, -0.15) is 4.31 Å². The minimum Gasteiger partial charge on any atom is -0.493 e. The summed E-state index contributed by atoms with van der Waals surface area (Å²) < 4.78 is 66.4. The average molecular weight is 543 g/mol. The van der Waals surface area contributed by atoms with E-state index in [1.807, 2.05) is 13.0 Å². The van der Waals surface area contributed by atoms with Crippen molar-refractivity contribution in [3.8, 4) is 5.75 Å². The lowest BCUT2D eigenvalue weighted by molar-refractivity contribution is -0.139. The third-order valence-corrected chi connectivity index (χ3v) is 9.22. The van der Waals surface area contributed by atoms with Crippen LogP contribution in [-0.4, -0.2) is 69.5 Å². The molecule has 0 spiro atoms. The molecule has 0 unspecified atom stereocenters. The second-order valence-corrected chi connectivity index (χ2v) is 11.7. The van der Waals surface area contributed by atoms with Gasteiger partial charge < -0.3 is 14.4 Å². The molecule has 0 aromatic heterocycles. The largest absolute Gasteiger partial charge is 0.493 e. The zero-order valence-electron chi connectivity index (χ0n) is 20.0. The van der Waals surface area contributed by atoms with E-state index in [1.54, 1.807) is 17.0 Å². The fraction of sp³-hybridized carbons (Fsp3) is 0.480. The maximum atomic E-state index is 14.3. The Hall–Kier alpha value is -2.27. The number of amides is 1. The molecule has 2 saturated heterocycles. The standard InChI is InChI=1S/C25H29ClF2N2O5S/c1-18-14-20(3-4-21(18)26)35-17-25(16-24(31)29-10-12-34-13-11-29)6-8-30(9-7-25)36(32,33)23-5-2-19(27)15-22(23)28/h2-5,14-15H,6-13,16-17H2,1H3. The van der Waals surface area contributed by atoms with E-state index < -0.39 is 32.0 Å². The van der Waals surface area contributed by atoms with Gasteiger partial charge in [0, 0.05) is 49.1 Å². The number of carbonyl (C=O) groups is 1. The lowest BCUT2D eigenvalue weighted by Gasteiger charge is -2.41. The molecule has 2 aromatic carbocycles. The Morgan fingerprint density at radius 2 is 1.78 bits per heavy atom. The van der Waals surface area contributed by atoms with Crippen LogP contribution >= 0.6 is 11.6 Å². The van der Waals surface area contributed by atoms with Crippen molar-refractivity contribution in [1.82, 2.24) is 9.21 Å². The van der Waals surface area contributed by atoms with E-state index in [4.69, 9.17) is 21.1 Å². The Balaban J connectivity index is 1.51. The van der Waals surface area contributed by atoms with Crippen LogP contribution in [0.2, 0.25) is 5.02 Å². The fourth-order valence-electron chi connectivity index (χ4n) is 4.59.